The van der Waals surface area contributed by atoms with E-state index in [0.717, 1.165) is 18.3 Å². The van der Waals surface area contributed by atoms with Crippen LogP contribution in [-0.2, 0) is 11.0 Å². The average molecular weight is 244 g/mol. The molecule has 0 unspecified atom stereocenters. The second-order valence-corrected chi connectivity index (χ2v) is 3.53. The molecule has 0 bridgehead atoms. The summed E-state index contributed by atoms with van der Waals surface area (Å²) >= 11 is 0. The molecule has 1 heterocycles. The SMILES string of the molecule is CN(C)C(=O)C=Cc1cc(C(F)(F)F)ccn1. The number of pyridine rings is 1. The minimum atomic E-state index is -4.41. The van der Waals surface area contributed by atoms with Gasteiger partial charge in [0.2, 0.25) is 5.91 Å². The zero-order valence-electron chi connectivity index (χ0n) is 9.32. The topological polar surface area (TPSA) is 33.2 Å². The summed E-state index contributed by atoms with van der Waals surface area (Å²) in [7, 11) is 3.10. The molecule has 0 aliphatic rings. The fourth-order valence-electron chi connectivity index (χ4n) is 1.02. The molecule has 0 aliphatic carbocycles. The summed E-state index contributed by atoms with van der Waals surface area (Å²) in [5.74, 6) is -0.316. The van der Waals surface area contributed by atoms with Crippen LogP contribution in [-0.4, -0.2) is 29.9 Å². The van der Waals surface area contributed by atoms with Crippen molar-refractivity contribution in [3.63, 3.8) is 0 Å². The van der Waals surface area contributed by atoms with Crippen LogP contribution in [0.15, 0.2) is 24.4 Å². The highest BCUT2D eigenvalue weighted by Crippen LogP contribution is 2.29. The monoisotopic (exact) mass is 244 g/mol. The Bertz CT molecular complexity index is 439. The van der Waals surface area contributed by atoms with Crippen LogP contribution in [0.4, 0.5) is 13.2 Å². The largest absolute Gasteiger partial charge is 0.416 e. The number of nitrogens with zero attached hydrogens (tertiary/aromatic N) is 2. The lowest BCUT2D eigenvalue weighted by molar-refractivity contribution is -0.137. The van der Waals surface area contributed by atoms with E-state index in [4.69, 9.17) is 0 Å². The maximum atomic E-state index is 12.4. The smallest absolute Gasteiger partial charge is 0.345 e. The molecule has 0 atom stereocenters. The van der Waals surface area contributed by atoms with Gasteiger partial charge in [0.1, 0.15) is 0 Å². The third-order valence-corrected chi connectivity index (χ3v) is 1.95. The van der Waals surface area contributed by atoms with Crippen molar-refractivity contribution in [2.75, 3.05) is 14.1 Å². The van der Waals surface area contributed by atoms with Crippen molar-refractivity contribution in [1.82, 2.24) is 9.88 Å². The van der Waals surface area contributed by atoms with Crippen LogP contribution in [0, 0.1) is 0 Å². The Morgan fingerprint density at radius 1 is 1.41 bits per heavy atom. The molecule has 1 rings (SSSR count). The van der Waals surface area contributed by atoms with Crippen LogP contribution < -0.4 is 0 Å². The molecule has 0 aromatic carbocycles. The summed E-state index contributed by atoms with van der Waals surface area (Å²) in [6, 6.07) is 1.77. The lowest BCUT2D eigenvalue weighted by Gasteiger charge is -2.07. The highest BCUT2D eigenvalue weighted by Gasteiger charge is 2.30. The van der Waals surface area contributed by atoms with Gasteiger partial charge >= 0.3 is 6.18 Å². The number of hydrogen-bond donors (Lipinski definition) is 0. The second-order valence-electron chi connectivity index (χ2n) is 3.53. The van der Waals surface area contributed by atoms with Crippen molar-refractivity contribution in [3.8, 4) is 0 Å². The number of amides is 1. The first kappa shape index (κ1) is 13.2. The van der Waals surface area contributed by atoms with Gasteiger partial charge in [-0.1, -0.05) is 0 Å². The summed E-state index contributed by atoms with van der Waals surface area (Å²) in [5.41, 5.74) is -0.695. The summed E-state index contributed by atoms with van der Waals surface area (Å²) in [4.78, 5) is 16.2. The van der Waals surface area contributed by atoms with Crippen molar-refractivity contribution >= 4 is 12.0 Å². The zero-order chi connectivity index (χ0) is 13.1. The van der Waals surface area contributed by atoms with E-state index in [9.17, 15) is 18.0 Å². The molecular formula is C11H11F3N2O. The molecule has 6 heteroatoms. The number of hydrogen-bond acceptors (Lipinski definition) is 2. The van der Waals surface area contributed by atoms with Crippen molar-refractivity contribution in [1.29, 1.82) is 0 Å². The molecule has 1 amide bonds. The Kier molecular flexibility index (Phi) is 3.88. The highest BCUT2D eigenvalue weighted by molar-refractivity contribution is 5.91. The standard InChI is InChI=1S/C11H11F3N2O/c1-16(2)10(17)4-3-9-7-8(5-6-15-9)11(12,13)14/h3-7H,1-2H3. The number of carbonyl (C=O) groups excluding carboxylic acids is 1. The van der Waals surface area contributed by atoms with Gasteiger partial charge in [-0.3, -0.25) is 9.78 Å². The van der Waals surface area contributed by atoms with E-state index in [-0.39, 0.29) is 11.6 Å². The van der Waals surface area contributed by atoms with Gasteiger partial charge in [-0.15, -0.1) is 0 Å². The van der Waals surface area contributed by atoms with Crippen LogP contribution >= 0.6 is 0 Å². The Hall–Kier alpha value is -1.85. The van der Waals surface area contributed by atoms with E-state index >= 15 is 0 Å². The van der Waals surface area contributed by atoms with E-state index in [1.165, 1.54) is 17.1 Å². The first-order valence-corrected chi connectivity index (χ1v) is 4.73. The molecule has 0 saturated heterocycles. The number of rotatable bonds is 2. The molecule has 3 nitrogen and oxygen atoms in total. The molecule has 92 valence electrons. The van der Waals surface area contributed by atoms with Gasteiger partial charge in [-0.05, 0) is 18.2 Å². The van der Waals surface area contributed by atoms with Crippen molar-refractivity contribution in [3.05, 3.63) is 35.7 Å². The Morgan fingerprint density at radius 2 is 2.06 bits per heavy atom. The first-order valence-electron chi connectivity index (χ1n) is 4.73. The lowest BCUT2D eigenvalue weighted by atomic mass is 10.2. The fraction of sp³-hybridized carbons (Fsp3) is 0.273. The summed E-state index contributed by atoms with van der Waals surface area (Å²) < 4.78 is 37.1. The normalized spacial score (nSPS) is 11.8. The van der Waals surface area contributed by atoms with E-state index in [0.29, 0.717) is 0 Å². The predicted octanol–water partition coefficient (Wildman–Crippen LogP) is 2.20. The quantitative estimate of drug-likeness (QED) is 0.747. The van der Waals surface area contributed by atoms with Crippen LogP contribution in [0.2, 0.25) is 0 Å². The van der Waals surface area contributed by atoms with Crippen molar-refractivity contribution < 1.29 is 18.0 Å². The lowest BCUT2D eigenvalue weighted by Crippen LogP contribution is -2.18. The van der Waals surface area contributed by atoms with Gasteiger partial charge in [0.15, 0.2) is 0 Å². The molecule has 0 aliphatic heterocycles. The van der Waals surface area contributed by atoms with Gasteiger partial charge < -0.3 is 4.90 Å². The third kappa shape index (κ3) is 3.90. The van der Waals surface area contributed by atoms with Gasteiger partial charge in [0.05, 0.1) is 11.3 Å². The molecule has 0 radical (unpaired) electrons. The van der Waals surface area contributed by atoms with Crippen LogP contribution in [0.25, 0.3) is 6.08 Å². The molecule has 17 heavy (non-hydrogen) atoms. The van der Waals surface area contributed by atoms with E-state index < -0.39 is 11.7 Å². The maximum absolute atomic E-state index is 12.4. The molecule has 1 aromatic heterocycles. The summed E-state index contributed by atoms with van der Waals surface area (Å²) in [6.45, 7) is 0. The predicted molar refractivity (Wildman–Crippen MR) is 57.0 cm³/mol. The highest BCUT2D eigenvalue weighted by atomic mass is 19.4. The van der Waals surface area contributed by atoms with Gasteiger partial charge in [-0.2, -0.15) is 13.2 Å². The first-order chi connectivity index (χ1) is 7.80. The molecule has 0 saturated carbocycles. The third-order valence-electron chi connectivity index (χ3n) is 1.95. The fourth-order valence-corrected chi connectivity index (χ4v) is 1.02. The molecule has 0 spiro atoms. The van der Waals surface area contributed by atoms with E-state index in [2.05, 4.69) is 4.98 Å². The number of aromatic nitrogens is 1. The summed E-state index contributed by atoms with van der Waals surface area (Å²) in [5, 5.41) is 0. The molecule has 1 aromatic rings. The van der Waals surface area contributed by atoms with Gasteiger partial charge in [0, 0.05) is 26.4 Å². The van der Waals surface area contributed by atoms with Crippen molar-refractivity contribution in [2.45, 2.75) is 6.18 Å². The molecule has 0 N–H and O–H groups in total. The number of alkyl halides is 3. The molecular weight excluding hydrogens is 233 g/mol. The van der Waals surface area contributed by atoms with Crippen LogP contribution in [0.3, 0.4) is 0 Å². The van der Waals surface area contributed by atoms with Crippen LogP contribution in [0.5, 0.6) is 0 Å². The average Bonchev–Trinajstić information content (AvgIpc) is 2.25. The van der Waals surface area contributed by atoms with Gasteiger partial charge in [-0.25, -0.2) is 0 Å². The van der Waals surface area contributed by atoms with E-state index in [1.807, 2.05) is 0 Å². The Balaban J connectivity index is 2.90. The minimum absolute atomic E-state index is 0.0926. The second kappa shape index (κ2) is 4.99. The summed E-state index contributed by atoms with van der Waals surface area (Å²) in [6.07, 6.45) is -0.931. The number of halogens is 3. The van der Waals surface area contributed by atoms with Crippen LogP contribution in [0.1, 0.15) is 11.3 Å². The molecule has 0 fully saturated rings. The number of carbonyl (C=O) groups is 1. The van der Waals surface area contributed by atoms with Crippen molar-refractivity contribution in [2.24, 2.45) is 0 Å². The van der Waals surface area contributed by atoms with E-state index in [1.54, 1.807) is 14.1 Å². The zero-order valence-corrected chi connectivity index (χ0v) is 9.32. The maximum Gasteiger partial charge on any atom is 0.416 e. The number of likely N-dealkylation sites (N-methyl/N-ethyl adjacent to an activating group) is 1. The Labute approximate surface area is 96.6 Å². The van der Waals surface area contributed by atoms with Gasteiger partial charge in [0.25, 0.3) is 0 Å². The minimum Gasteiger partial charge on any atom is -0.345 e. The Morgan fingerprint density at radius 3 is 2.59 bits per heavy atom.